The molecule has 2 saturated heterocycles. The zero-order valence-corrected chi connectivity index (χ0v) is 16.1. The maximum absolute atomic E-state index is 12.3. The quantitative estimate of drug-likeness (QED) is 0.793. The molecular formula is C19H30N4O3. The van der Waals surface area contributed by atoms with Crippen molar-refractivity contribution in [2.24, 2.45) is 5.92 Å². The molecule has 1 amide bonds. The van der Waals surface area contributed by atoms with Crippen molar-refractivity contribution in [3.63, 3.8) is 0 Å². The second kappa shape index (κ2) is 8.31. The molecule has 1 aromatic rings. The lowest BCUT2D eigenvalue weighted by atomic mass is 9.96. The van der Waals surface area contributed by atoms with E-state index >= 15 is 0 Å². The third-order valence-corrected chi connectivity index (χ3v) is 5.72. The fraction of sp³-hybridized carbons (Fsp3) is 0.737. The van der Waals surface area contributed by atoms with Gasteiger partial charge in [0.1, 0.15) is 0 Å². The number of hydrogen-bond donors (Lipinski definition) is 0. The number of amides is 1. The molecule has 3 rings (SSSR count). The van der Waals surface area contributed by atoms with Gasteiger partial charge in [0, 0.05) is 44.4 Å². The van der Waals surface area contributed by atoms with E-state index in [9.17, 15) is 9.59 Å². The van der Waals surface area contributed by atoms with Crippen LogP contribution in [0.5, 0.6) is 0 Å². The molecule has 2 aliphatic heterocycles. The number of carbonyl (C=O) groups excluding carboxylic acids is 1. The van der Waals surface area contributed by atoms with Gasteiger partial charge in [0.25, 0.3) is 5.56 Å². The summed E-state index contributed by atoms with van der Waals surface area (Å²) >= 11 is 0. The first-order valence-corrected chi connectivity index (χ1v) is 9.56. The Labute approximate surface area is 154 Å². The number of carbonyl (C=O) groups is 1. The molecule has 7 heteroatoms. The van der Waals surface area contributed by atoms with Crippen molar-refractivity contribution in [3.8, 4) is 0 Å². The van der Waals surface area contributed by atoms with Crippen LogP contribution in [0.3, 0.4) is 0 Å². The number of likely N-dealkylation sites (tertiary alicyclic amines) is 1. The fourth-order valence-corrected chi connectivity index (χ4v) is 3.84. The van der Waals surface area contributed by atoms with Gasteiger partial charge < -0.3 is 14.5 Å². The van der Waals surface area contributed by atoms with Gasteiger partial charge >= 0.3 is 0 Å². The lowest BCUT2D eigenvalue weighted by molar-refractivity contribution is -0.137. The first kappa shape index (κ1) is 19.0. The number of piperidine rings is 1. The number of aromatic nitrogens is 2. The minimum atomic E-state index is 0.0832. The van der Waals surface area contributed by atoms with Crippen LogP contribution in [-0.2, 0) is 16.1 Å². The van der Waals surface area contributed by atoms with Crippen molar-refractivity contribution in [1.82, 2.24) is 19.4 Å². The molecule has 1 atom stereocenters. The van der Waals surface area contributed by atoms with Crippen LogP contribution in [-0.4, -0.2) is 70.7 Å². The van der Waals surface area contributed by atoms with Crippen LogP contribution in [0.15, 0.2) is 11.1 Å². The lowest BCUT2D eigenvalue weighted by Gasteiger charge is -2.38. The molecule has 144 valence electrons. The van der Waals surface area contributed by atoms with Gasteiger partial charge in [-0.25, -0.2) is 4.98 Å². The molecule has 0 N–H and O–H groups in total. The molecule has 26 heavy (non-hydrogen) atoms. The average molecular weight is 362 g/mol. The van der Waals surface area contributed by atoms with Crippen molar-refractivity contribution in [2.75, 3.05) is 39.3 Å². The second-order valence-electron chi connectivity index (χ2n) is 7.61. The van der Waals surface area contributed by atoms with Gasteiger partial charge in [-0.3, -0.25) is 14.2 Å². The Morgan fingerprint density at radius 3 is 2.65 bits per heavy atom. The molecule has 3 heterocycles. The van der Waals surface area contributed by atoms with Gasteiger partial charge in [0.05, 0.1) is 19.0 Å². The highest BCUT2D eigenvalue weighted by Crippen LogP contribution is 2.20. The predicted molar refractivity (Wildman–Crippen MR) is 99.1 cm³/mol. The first-order valence-electron chi connectivity index (χ1n) is 9.56. The minimum Gasteiger partial charge on any atom is -0.373 e. The number of hydrogen-bond acceptors (Lipinski definition) is 5. The van der Waals surface area contributed by atoms with E-state index in [1.54, 1.807) is 17.8 Å². The Hall–Kier alpha value is -1.73. The van der Waals surface area contributed by atoms with Gasteiger partial charge in [0.15, 0.2) is 0 Å². The topological polar surface area (TPSA) is 67.7 Å². The standard InChI is InChI=1S/C19H30N4O3/c1-14-15(2)20-13-23(19(14)25)10-17-4-6-21(7-5-17)11-18-12-22(16(3)24)8-9-26-18/h13,17-18H,4-12H2,1-3H3. The SMILES string of the molecule is CC(=O)N1CCOC(CN2CCC(Cn3cnc(C)c(C)c3=O)CC2)C1. The molecule has 0 aromatic carbocycles. The number of morpholine rings is 1. The summed E-state index contributed by atoms with van der Waals surface area (Å²) in [6, 6.07) is 0. The lowest BCUT2D eigenvalue weighted by Crippen LogP contribution is -2.50. The number of aryl methyl sites for hydroxylation is 1. The molecule has 0 spiro atoms. The number of ether oxygens (including phenoxy) is 1. The molecule has 2 aliphatic rings. The van der Waals surface area contributed by atoms with Crippen molar-refractivity contribution in [1.29, 1.82) is 0 Å². The van der Waals surface area contributed by atoms with Gasteiger partial charge in [-0.1, -0.05) is 0 Å². The summed E-state index contributed by atoms with van der Waals surface area (Å²) < 4.78 is 7.60. The minimum absolute atomic E-state index is 0.0832. The average Bonchev–Trinajstić information content (AvgIpc) is 2.64. The Balaban J connectivity index is 1.48. The van der Waals surface area contributed by atoms with Crippen LogP contribution < -0.4 is 5.56 Å². The summed E-state index contributed by atoms with van der Waals surface area (Å²) in [4.78, 5) is 32.5. The summed E-state index contributed by atoms with van der Waals surface area (Å²) in [7, 11) is 0. The van der Waals surface area contributed by atoms with Crippen molar-refractivity contribution >= 4 is 5.91 Å². The first-order chi connectivity index (χ1) is 12.4. The monoisotopic (exact) mass is 362 g/mol. The Kier molecular flexibility index (Phi) is 6.09. The van der Waals surface area contributed by atoms with Crippen molar-refractivity contribution in [2.45, 2.75) is 46.3 Å². The summed E-state index contributed by atoms with van der Waals surface area (Å²) in [5, 5.41) is 0. The van der Waals surface area contributed by atoms with Gasteiger partial charge in [-0.05, 0) is 45.7 Å². The molecule has 1 unspecified atom stereocenters. The summed E-state index contributed by atoms with van der Waals surface area (Å²) in [5.41, 5.74) is 1.64. The zero-order chi connectivity index (χ0) is 18.7. The van der Waals surface area contributed by atoms with E-state index in [0.29, 0.717) is 25.6 Å². The Morgan fingerprint density at radius 1 is 1.23 bits per heavy atom. The molecule has 0 saturated carbocycles. The Bertz CT molecular complexity index is 695. The molecule has 0 bridgehead atoms. The molecule has 0 radical (unpaired) electrons. The van der Waals surface area contributed by atoms with Gasteiger partial charge in [-0.15, -0.1) is 0 Å². The van der Waals surface area contributed by atoms with E-state index in [4.69, 9.17) is 4.74 Å². The summed E-state index contributed by atoms with van der Waals surface area (Å²) in [6.45, 7) is 11.0. The van der Waals surface area contributed by atoms with E-state index < -0.39 is 0 Å². The summed E-state index contributed by atoms with van der Waals surface area (Å²) in [6.07, 6.45) is 3.93. The van der Waals surface area contributed by atoms with Crippen LogP contribution in [0.25, 0.3) is 0 Å². The van der Waals surface area contributed by atoms with Crippen LogP contribution >= 0.6 is 0 Å². The van der Waals surface area contributed by atoms with Gasteiger partial charge in [0.2, 0.25) is 5.91 Å². The third-order valence-electron chi connectivity index (χ3n) is 5.72. The third kappa shape index (κ3) is 4.51. The van der Waals surface area contributed by atoms with Crippen LogP contribution in [0, 0.1) is 19.8 Å². The molecular weight excluding hydrogens is 332 g/mol. The van der Waals surface area contributed by atoms with Crippen LogP contribution in [0.4, 0.5) is 0 Å². The Morgan fingerprint density at radius 2 is 1.96 bits per heavy atom. The summed E-state index contributed by atoms with van der Waals surface area (Å²) in [5.74, 6) is 0.637. The van der Waals surface area contributed by atoms with E-state index in [1.807, 2.05) is 18.7 Å². The number of rotatable bonds is 4. The van der Waals surface area contributed by atoms with Crippen molar-refractivity contribution in [3.05, 3.63) is 27.9 Å². The second-order valence-corrected chi connectivity index (χ2v) is 7.61. The maximum Gasteiger partial charge on any atom is 0.256 e. The maximum atomic E-state index is 12.3. The molecule has 0 aliphatic carbocycles. The molecule has 2 fully saturated rings. The van der Waals surface area contributed by atoms with Crippen LogP contribution in [0.1, 0.15) is 31.0 Å². The largest absolute Gasteiger partial charge is 0.373 e. The number of nitrogens with zero attached hydrogens (tertiary/aromatic N) is 4. The van der Waals surface area contributed by atoms with E-state index in [1.165, 1.54) is 0 Å². The van der Waals surface area contributed by atoms with Gasteiger partial charge in [-0.2, -0.15) is 0 Å². The highest BCUT2D eigenvalue weighted by molar-refractivity contribution is 5.73. The highest BCUT2D eigenvalue weighted by atomic mass is 16.5. The van der Waals surface area contributed by atoms with Crippen LogP contribution in [0.2, 0.25) is 0 Å². The highest BCUT2D eigenvalue weighted by Gasteiger charge is 2.26. The smallest absolute Gasteiger partial charge is 0.256 e. The molecule has 7 nitrogen and oxygen atoms in total. The fourth-order valence-electron chi connectivity index (χ4n) is 3.84. The molecule has 1 aromatic heterocycles. The van der Waals surface area contributed by atoms with E-state index in [0.717, 1.165) is 50.3 Å². The van der Waals surface area contributed by atoms with Crippen molar-refractivity contribution < 1.29 is 9.53 Å². The van der Waals surface area contributed by atoms with E-state index in [-0.39, 0.29) is 17.6 Å². The predicted octanol–water partition coefficient (Wildman–Crippen LogP) is 0.819. The van der Waals surface area contributed by atoms with E-state index in [2.05, 4.69) is 9.88 Å². The zero-order valence-electron chi connectivity index (χ0n) is 16.1. The normalized spacial score (nSPS) is 22.6.